The zero-order valence-electron chi connectivity index (χ0n) is 18.6. The standard InChI is InChI=1S/C26H33N3O2/c1-18-13-15-29(16-14-18)24-12-11-22(28-25(30)21-9-6-10-21)17-23(24)26(31)27-19(2)20-7-4-3-5-8-20/h3-5,7-8,11-12,17-19,21H,6,9-10,13-16H2,1-2H3,(H,27,31)(H,28,30). The Hall–Kier alpha value is -2.82. The number of piperidine rings is 1. The maximum absolute atomic E-state index is 13.3. The van der Waals surface area contributed by atoms with E-state index in [0.29, 0.717) is 17.2 Å². The first-order valence-corrected chi connectivity index (χ1v) is 11.6. The zero-order valence-corrected chi connectivity index (χ0v) is 18.6. The number of carbonyl (C=O) groups is 2. The molecule has 1 heterocycles. The van der Waals surface area contributed by atoms with Gasteiger partial charge in [0.2, 0.25) is 5.91 Å². The lowest BCUT2D eigenvalue weighted by molar-refractivity contribution is -0.122. The highest BCUT2D eigenvalue weighted by atomic mass is 16.2. The summed E-state index contributed by atoms with van der Waals surface area (Å²) in [5.74, 6) is 0.783. The molecule has 1 saturated heterocycles. The van der Waals surface area contributed by atoms with Crippen molar-refractivity contribution in [2.24, 2.45) is 11.8 Å². The molecule has 1 aliphatic carbocycles. The van der Waals surface area contributed by atoms with Crippen LogP contribution >= 0.6 is 0 Å². The van der Waals surface area contributed by atoms with Gasteiger partial charge in [-0.15, -0.1) is 0 Å². The molecule has 4 rings (SSSR count). The molecule has 2 fully saturated rings. The van der Waals surface area contributed by atoms with E-state index in [9.17, 15) is 9.59 Å². The molecule has 5 heteroatoms. The summed E-state index contributed by atoms with van der Waals surface area (Å²) >= 11 is 0. The summed E-state index contributed by atoms with van der Waals surface area (Å²) in [6, 6.07) is 15.6. The first-order valence-electron chi connectivity index (χ1n) is 11.6. The van der Waals surface area contributed by atoms with E-state index in [2.05, 4.69) is 22.5 Å². The second-order valence-corrected chi connectivity index (χ2v) is 9.12. The number of nitrogens with one attached hydrogen (secondary N) is 2. The maximum atomic E-state index is 13.3. The average molecular weight is 420 g/mol. The van der Waals surface area contributed by atoms with Crippen LogP contribution < -0.4 is 15.5 Å². The van der Waals surface area contributed by atoms with Gasteiger partial charge in [0, 0.05) is 30.4 Å². The van der Waals surface area contributed by atoms with E-state index in [1.54, 1.807) is 0 Å². The number of amides is 2. The number of hydrogen-bond donors (Lipinski definition) is 2. The van der Waals surface area contributed by atoms with Gasteiger partial charge in [0.1, 0.15) is 0 Å². The van der Waals surface area contributed by atoms with Gasteiger partial charge in [-0.25, -0.2) is 0 Å². The molecular formula is C26H33N3O2. The topological polar surface area (TPSA) is 61.4 Å². The third-order valence-electron chi connectivity index (χ3n) is 6.76. The fourth-order valence-electron chi connectivity index (χ4n) is 4.34. The number of nitrogens with zero attached hydrogens (tertiary/aromatic N) is 1. The Labute approximate surface area is 185 Å². The normalized spacial score (nSPS) is 18.2. The van der Waals surface area contributed by atoms with Crippen molar-refractivity contribution in [1.82, 2.24) is 5.32 Å². The van der Waals surface area contributed by atoms with Gasteiger partial charge in [-0.3, -0.25) is 9.59 Å². The molecule has 1 atom stereocenters. The lowest BCUT2D eigenvalue weighted by atomic mass is 9.85. The van der Waals surface area contributed by atoms with Crippen molar-refractivity contribution >= 4 is 23.2 Å². The summed E-state index contributed by atoms with van der Waals surface area (Å²) in [5.41, 5.74) is 3.34. The van der Waals surface area contributed by atoms with Gasteiger partial charge in [0.05, 0.1) is 11.6 Å². The zero-order chi connectivity index (χ0) is 21.8. The van der Waals surface area contributed by atoms with Crippen LogP contribution in [0.5, 0.6) is 0 Å². The quantitative estimate of drug-likeness (QED) is 0.680. The Morgan fingerprint density at radius 3 is 2.35 bits per heavy atom. The number of benzene rings is 2. The molecule has 2 N–H and O–H groups in total. The van der Waals surface area contributed by atoms with Crippen molar-refractivity contribution in [3.8, 4) is 0 Å². The summed E-state index contributed by atoms with van der Waals surface area (Å²) in [5, 5.41) is 6.17. The fourth-order valence-corrected chi connectivity index (χ4v) is 4.34. The molecule has 0 bridgehead atoms. The van der Waals surface area contributed by atoms with Crippen LogP contribution in [-0.2, 0) is 4.79 Å². The van der Waals surface area contributed by atoms with Gasteiger partial charge < -0.3 is 15.5 Å². The van der Waals surface area contributed by atoms with E-state index in [1.165, 1.54) is 0 Å². The minimum Gasteiger partial charge on any atom is -0.371 e. The lowest BCUT2D eigenvalue weighted by Crippen LogP contribution is -2.35. The maximum Gasteiger partial charge on any atom is 0.253 e. The van der Waals surface area contributed by atoms with E-state index in [-0.39, 0.29) is 23.8 Å². The molecule has 164 valence electrons. The molecule has 1 aliphatic heterocycles. The van der Waals surface area contributed by atoms with Gasteiger partial charge in [0.25, 0.3) is 5.91 Å². The van der Waals surface area contributed by atoms with Crippen molar-refractivity contribution < 1.29 is 9.59 Å². The second-order valence-electron chi connectivity index (χ2n) is 9.12. The highest BCUT2D eigenvalue weighted by Crippen LogP contribution is 2.31. The van der Waals surface area contributed by atoms with Crippen LogP contribution in [0.25, 0.3) is 0 Å². The molecule has 2 aromatic rings. The first-order chi connectivity index (χ1) is 15.0. The Morgan fingerprint density at radius 1 is 1.00 bits per heavy atom. The predicted molar refractivity (Wildman–Crippen MR) is 125 cm³/mol. The van der Waals surface area contributed by atoms with Crippen LogP contribution in [0, 0.1) is 11.8 Å². The second kappa shape index (κ2) is 9.54. The van der Waals surface area contributed by atoms with Crippen molar-refractivity contribution in [2.45, 2.75) is 52.0 Å². The minimum absolute atomic E-state index is 0.0646. The van der Waals surface area contributed by atoms with E-state index >= 15 is 0 Å². The summed E-state index contributed by atoms with van der Waals surface area (Å²) in [6.07, 6.45) is 5.29. The van der Waals surface area contributed by atoms with Crippen LogP contribution in [0.15, 0.2) is 48.5 Å². The summed E-state index contributed by atoms with van der Waals surface area (Å²) in [7, 11) is 0. The van der Waals surface area contributed by atoms with E-state index in [4.69, 9.17) is 0 Å². The Kier molecular flexibility index (Phi) is 6.59. The predicted octanol–water partition coefficient (Wildman–Crippen LogP) is 5.15. The SMILES string of the molecule is CC1CCN(c2ccc(NC(=O)C3CCC3)cc2C(=O)NC(C)c2ccccc2)CC1. The summed E-state index contributed by atoms with van der Waals surface area (Å²) in [6.45, 7) is 6.18. The van der Waals surface area contributed by atoms with E-state index in [1.807, 2.05) is 55.5 Å². The largest absolute Gasteiger partial charge is 0.371 e. The molecule has 0 spiro atoms. The molecule has 2 aromatic carbocycles. The Bertz CT molecular complexity index is 916. The molecule has 2 amide bonds. The van der Waals surface area contributed by atoms with Gasteiger partial charge in [-0.1, -0.05) is 43.7 Å². The smallest absolute Gasteiger partial charge is 0.253 e. The van der Waals surface area contributed by atoms with E-state index < -0.39 is 0 Å². The highest BCUT2D eigenvalue weighted by Gasteiger charge is 2.26. The lowest BCUT2D eigenvalue weighted by Gasteiger charge is -2.33. The van der Waals surface area contributed by atoms with Crippen LogP contribution in [0.3, 0.4) is 0 Å². The molecule has 1 unspecified atom stereocenters. The minimum atomic E-state index is -0.107. The van der Waals surface area contributed by atoms with Crippen molar-refractivity contribution in [3.63, 3.8) is 0 Å². The number of anilines is 2. The monoisotopic (exact) mass is 419 g/mol. The van der Waals surface area contributed by atoms with Crippen LogP contribution in [-0.4, -0.2) is 24.9 Å². The molecular weight excluding hydrogens is 386 g/mol. The van der Waals surface area contributed by atoms with Gasteiger partial charge in [0.15, 0.2) is 0 Å². The van der Waals surface area contributed by atoms with Crippen LogP contribution in [0.2, 0.25) is 0 Å². The van der Waals surface area contributed by atoms with E-state index in [0.717, 1.165) is 56.4 Å². The van der Waals surface area contributed by atoms with Gasteiger partial charge in [-0.05, 0) is 62.3 Å². The van der Waals surface area contributed by atoms with Gasteiger partial charge in [-0.2, -0.15) is 0 Å². The number of carbonyl (C=O) groups excluding carboxylic acids is 2. The Morgan fingerprint density at radius 2 is 1.71 bits per heavy atom. The molecule has 31 heavy (non-hydrogen) atoms. The summed E-state index contributed by atoms with van der Waals surface area (Å²) in [4.78, 5) is 28.1. The summed E-state index contributed by atoms with van der Waals surface area (Å²) < 4.78 is 0. The fraction of sp³-hybridized carbons (Fsp3) is 0.462. The number of rotatable bonds is 6. The molecule has 1 saturated carbocycles. The van der Waals surface area contributed by atoms with Crippen molar-refractivity contribution in [1.29, 1.82) is 0 Å². The van der Waals surface area contributed by atoms with Gasteiger partial charge >= 0.3 is 0 Å². The Balaban J connectivity index is 1.57. The van der Waals surface area contributed by atoms with Crippen molar-refractivity contribution in [3.05, 3.63) is 59.7 Å². The molecule has 0 aromatic heterocycles. The molecule has 0 radical (unpaired) electrons. The highest BCUT2D eigenvalue weighted by molar-refractivity contribution is 6.02. The van der Waals surface area contributed by atoms with Crippen LogP contribution in [0.1, 0.15) is 67.9 Å². The first kappa shape index (κ1) is 21.4. The molecule has 2 aliphatic rings. The third-order valence-corrected chi connectivity index (χ3v) is 6.76. The van der Waals surface area contributed by atoms with Crippen LogP contribution in [0.4, 0.5) is 11.4 Å². The average Bonchev–Trinajstić information content (AvgIpc) is 2.73. The number of hydrogen-bond acceptors (Lipinski definition) is 3. The van der Waals surface area contributed by atoms with Crippen molar-refractivity contribution in [2.75, 3.05) is 23.3 Å². The molecule has 5 nitrogen and oxygen atoms in total. The third kappa shape index (κ3) is 5.09.